The maximum absolute atomic E-state index is 13.1. The van der Waals surface area contributed by atoms with E-state index in [0.29, 0.717) is 12.8 Å². The van der Waals surface area contributed by atoms with Crippen LogP contribution in [-0.4, -0.2) is 46.8 Å². The van der Waals surface area contributed by atoms with E-state index >= 15 is 0 Å². The molecule has 1 aromatic rings. The van der Waals surface area contributed by atoms with Crippen molar-refractivity contribution < 1.29 is 18.8 Å². The highest BCUT2D eigenvalue weighted by atomic mass is 19.1. The van der Waals surface area contributed by atoms with Gasteiger partial charge in [0.15, 0.2) is 0 Å². The number of imide groups is 1. The minimum absolute atomic E-state index is 0.0667. The van der Waals surface area contributed by atoms with Crippen molar-refractivity contribution in [2.24, 2.45) is 0 Å². The average Bonchev–Trinajstić information content (AvgIpc) is 2.89. The zero-order valence-electron chi connectivity index (χ0n) is 15.8. The summed E-state index contributed by atoms with van der Waals surface area (Å²) in [6.07, 6.45) is 4.34. The van der Waals surface area contributed by atoms with Crippen molar-refractivity contribution in [1.29, 1.82) is 0 Å². The molecule has 1 unspecified atom stereocenters. The third-order valence-corrected chi connectivity index (χ3v) is 5.83. The fourth-order valence-corrected chi connectivity index (χ4v) is 3.94. The molecule has 3 rings (SSSR count). The fourth-order valence-electron chi connectivity index (χ4n) is 3.94. The van der Waals surface area contributed by atoms with Crippen molar-refractivity contribution >= 4 is 17.8 Å². The van der Waals surface area contributed by atoms with Crippen molar-refractivity contribution in [2.75, 3.05) is 13.6 Å². The normalized spacial score (nSPS) is 19.9. The zero-order chi connectivity index (χ0) is 19.6. The number of hydrogen-bond donors (Lipinski definition) is 1. The molecule has 2 fully saturated rings. The topological polar surface area (TPSA) is 69.7 Å². The van der Waals surface area contributed by atoms with Crippen molar-refractivity contribution in [3.05, 3.63) is 35.6 Å². The lowest BCUT2D eigenvalue weighted by Crippen LogP contribution is -2.48. The van der Waals surface area contributed by atoms with E-state index < -0.39 is 11.6 Å². The summed E-state index contributed by atoms with van der Waals surface area (Å²) in [7, 11) is 1.67. The summed E-state index contributed by atoms with van der Waals surface area (Å²) in [5.41, 5.74) is 0.0643. The monoisotopic (exact) mass is 375 g/mol. The Morgan fingerprint density at radius 2 is 1.85 bits per heavy atom. The number of rotatable bonds is 5. The molecule has 1 atom stereocenters. The number of nitrogens with zero attached hydrogens (tertiary/aromatic N) is 2. The SMILES string of the molecule is CC(c1ccc(F)cc1)N(C)C(=O)CCN1C(=O)NC2(CCCCC2)C1=O. The molecule has 1 aliphatic carbocycles. The standard InChI is InChI=1S/C20H26FN3O3/c1-14(15-6-8-16(21)9-7-15)23(2)17(25)10-13-24-18(26)20(22-19(24)27)11-4-3-5-12-20/h6-9,14H,3-5,10-13H2,1-2H3,(H,22,27). The van der Waals surface area contributed by atoms with Crippen LogP contribution in [0.1, 0.15) is 57.1 Å². The number of carbonyl (C=O) groups is 3. The van der Waals surface area contributed by atoms with Gasteiger partial charge in [-0.25, -0.2) is 9.18 Å². The van der Waals surface area contributed by atoms with Crippen molar-refractivity contribution in [3.8, 4) is 0 Å². The Hall–Kier alpha value is -2.44. The zero-order valence-corrected chi connectivity index (χ0v) is 15.8. The first-order valence-corrected chi connectivity index (χ1v) is 9.49. The lowest BCUT2D eigenvalue weighted by Gasteiger charge is -2.30. The lowest BCUT2D eigenvalue weighted by molar-refractivity contribution is -0.134. The molecule has 27 heavy (non-hydrogen) atoms. The van der Waals surface area contributed by atoms with E-state index in [4.69, 9.17) is 0 Å². The van der Waals surface area contributed by atoms with Crippen LogP contribution in [-0.2, 0) is 9.59 Å². The molecular formula is C20H26FN3O3. The third kappa shape index (κ3) is 3.82. The van der Waals surface area contributed by atoms with Gasteiger partial charge in [-0.05, 0) is 37.5 Å². The van der Waals surface area contributed by atoms with Gasteiger partial charge in [-0.15, -0.1) is 0 Å². The summed E-state index contributed by atoms with van der Waals surface area (Å²) in [5.74, 6) is -0.693. The van der Waals surface area contributed by atoms with Gasteiger partial charge in [0.1, 0.15) is 11.4 Å². The molecule has 7 heteroatoms. The quantitative estimate of drug-likeness (QED) is 0.805. The summed E-state index contributed by atoms with van der Waals surface area (Å²) in [6, 6.07) is 5.39. The van der Waals surface area contributed by atoms with Crippen LogP contribution in [0.5, 0.6) is 0 Å². The average molecular weight is 375 g/mol. The van der Waals surface area contributed by atoms with Gasteiger partial charge in [0.05, 0.1) is 6.04 Å². The Morgan fingerprint density at radius 3 is 2.48 bits per heavy atom. The first-order valence-electron chi connectivity index (χ1n) is 9.49. The molecule has 0 radical (unpaired) electrons. The van der Waals surface area contributed by atoms with E-state index in [2.05, 4.69) is 5.32 Å². The molecule has 1 N–H and O–H groups in total. The van der Waals surface area contributed by atoms with E-state index in [1.54, 1.807) is 24.1 Å². The molecule has 4 amide bonds. The number of nitrogens with one attached hydrogen (secondary N) is 1. The second kappa shape index (κ2) is 7.66. The molecule has 1 saturated heterocycles. The smallest absolute Gasteiger partial charge is 0.325 e. The summed E-state index contributed by atoms with van der Waals surface area (Å²) in [4.78, 5) is 40.3. The molecule has 1 saturated carbocycles. The Labute approximate surface area is 158 Å². The molecule has 1 spiro atoms. The Kier molecular flexibility index (Phi) is 5.48. The van der Waals surface area contributed by atoms with Gasteiger partial charge in [-0.1, -0.05) is 31.4 Å². The molecule has 6 nitrogen and oxygen atoms in total. The van der Waals surface area contributed by atoms with Gasteiger partial charge in [0.2, 0.25) is 5.91 Å². The van der Waals surface area contributed by atoms with Gasteiger partial charge in [-0.2, -0.15) is 0 Å². The van der Waals surface area contributed by atoms with Crippen LogP contribution in [0.3, 0.4) is 0 Å². The number of carbonyl (C=O) groups excluding carboxylic acids is 3. The largest absolute Gasteiger partial charge is 0.339 e. The van der Waals surface area contributed by atoms with Crippen LogP contribution in [0.2, 0.25) is 0 Å². The fraction of sp³-hybridized carbons (Fsp3) is 0.550. The number of urea groups is 1. The molecule has 1 aromatic carbocycles. The summed E-state index contributed by atoms with van der Waals surface area (Å²) >= 11 is 0. The Morgan fingerprint density at radius 1 is 1.22 bits per heavy atom. The van der Waals surface area contributed by atoms with Gasteiger partial charge in [0, 0.05) is 20.0 Å². The maximum Gasteiger partial charge on any atom is 0.325 e. The maximum atomic E-state index is 13.1. The third-order valence-electron chi connectivity index (χ3n) is 5.83. The highest BCUT2D eigenvalue weighted by molar-refractivity contribution is 6.07. The molecule has 0 aromatic heterocycles. The first-order chi connectivity index (χ1) is 12.8. The molecule has 1 aliphatic heterocycles. The van der Waals surface area contributed by atoms with Crippen molar-refractivity contribution in [2.45, 2.75) is 57.0 Å². The summed E-state index contributed by atoms with van der Waals surface area (Å²) in [5, 5.41) is 2.85. The molecule has 146 valence electrons. The van der Waals surface area contributed by atoms with Gasteiger partial charge >= 0.3 is 6.03 Å². The molecular weight excluding hydrogens is 349 g/mol. The summed E-state index contributed by atoms with van der Waals surface area (Å²) < 4.78 is 13.1. The molecule has 0 bridgehead atoms. The van der Waals surface area contributed by atoms with Crippen molar-refractivity contribution in [3.63, 3.8) is 0 Å². The molecule has 1 heterocycles. The highest BCUT2D eigenvalue weighted by Gasteiger charge is 2.51. The number of amides is 4. The number of benzene rings is 1. The second-order valence-electron chi connectivity index (χ2n) is 7.51. The molecule has 2 aliphatic rings. The van der Waals surface area contributed by atoms with Gasteiger partial charge in [0.25, 0.3) is 5.91 Å². The van der Waals surface area contributed by atoms with E-state index in [0.717, 1.165) is 24.8 Å². The minimum Gasteiger partial charge on any atom is -0.339 e. The van der Waals surface area contributed by atoms with Crippen LogP contribution >= 0.6 is 0 Å². The lowest BCUT2D eigenvalue weighted by atomic mass is 9.82. The minimum atomic E-state index is -0.758. The van der Waals surface area contributed by atoms with E-state index in [1.807, 2.05) is 6.92 Å². The van der Waals surface area contributed by atoms with Gasteiger partial charge in [-0.3, -0.25) is 14.5 Å². The Balaban J connectivity index is 1.59. The van der Waals surface area contributed by atoms with Gasteiger partial charge < -0.3 is 10.2 Å². The summed E-state index contributed by atoms with van der Waals surface area (Å²) in [6.45, 7) is 1.93. The second-order valence-corrected chi connectivity index (χ2v) is 7.51. The van der Waals surface area contributed by atoms with Crippen LogP contribution < -0.4 is 5.32 Å². The van der Waals surface area contributed by atoms with Crippen LogP contribution in [0.25, 0.3) is 0 Å². The predicted molar refractivity (Wildman–Crippen MR) is 98.3 cm³/mol. The van der Waals surface area contributed by atoms with Crippen LogP contribution in [0.4, 0.5) is 9.18 Å². The highest BCUT2D eigenvalue weighted by Crippen LogP contribution is 2.33. The Bertz CT molecular complexity index is 728. The first kappa shape index (κ1) is 19.3. The van der Waals surface area contributed by atoms with E-state index in [-0.39, 0.29) is 36.6 Å². The van der Waals surface area contributed by atoms with Crippen LogP contribution in [0, 0.1) is 5.82 Å². The van der Waals surface area contributed by atoms with E-state index in [9.17, 15) is 18.8 Å². The number of hydrogen-bond acceptors (Lipinski definition) is 3. The predicted octanol–water partition coefficient (Wildman–Crippen LogP) is 2.99. The van der Waals surface area contributed by atoms with E-state index in [1.165, 1.54) is 17.0 Å². The number of halogens is 1. The van der Waals surface area contributed by atoms with Crippen LogP contribution in [0.15, 0.2) is 24.3 Å². The van der Waals surface area contributed by atoms with Crippen molar-refractivity contribution in [1.82, 2.24) is 15.1 Å².